The number of benzene rings is 2. The van der Waals surface area contributed by atoms with E-state index in [1.165, 1.54) is 5.56 Å². The molecule has 1 heterocycles. The Kier molecular flexibility index (Phi) is 10.4. The highest BCUT2D eigenvalue weighted by Gasteiger charge is 2.19. The van der Waals surface area contributed by atoms with Gasteiger partial charge in [-0.05, 0) is 55.9 Å². The van der Waals surface area contributed by atoms with Crippen LogP contribution in [-0.4, -0.2) is 61.4 Å². The highest BCUT2D eigenvalue weighted by molar-refractivity contribution is 5.79. The summed E-state index contributed by atoms with van der Waals surface area (Å²) in [6.07, 6.45) is 4.35. The number of ether oxygens (including phenoxy) is 1. The van der Waals surface area contributed by atoms with E-state index in [2.05, 4.69) is 57.8 Å². The van der Waals surface area contributed by atoms with Crippen LogP contribution in [0.15, 0.2) is 59.6 Å². The molecule has 0 unspecified atom stereocenters. The summed E-state index contributed by atoms with van der Waals surface area (Å²) in [6, 6.07) is 18.1. The number of phenolic OH excluding ortho intramolecular Hbond substituents is 1. The van der Waals surface area contributed by atoms with E-state index < -0.39 is 0 Å². The maximum atomic E-state index is 9.57. The second kappa shape index (κ2) is 13.8. The van der Waals surface area contributed by atoms with Gasteiger partial charge in [-0.25, -0.2) is 0 Å². The number of aromatic hydroxyl groups is 1. The number of piperidine rings is 1. The molecule has 3 rings (SSSR count). The normalized spacial score (nSPS) is 15.6. The summed E-state index contributed by atoms with van der Waals surface area (Å²) < 4.78 is 6.11. The molecule has 0 spiro atoms. The van der Waals surface area contributed by atoms with E-state index in [4.69, 9.17) is 4.74 Å². The summed E-state index contributed by atoms with van der Waals surface area (Å²) in [5.41, 5.74) is 2.49. The fourth-order valence-electron chi connectivity index (χ4n) is 3.96. The van der Waals surface area contributed by atoms with Crippen LogP contribution in [0.2, 0.25) is 0 Å². The highest BCUT2D eigenvalue weighted by atomic mass is 16.5. The lowest BCUT2D eigenvalue weighted by Gasteiger charge is -2.31. The minimum atomic E-state index is 0.310. The van der Waals surface area contributed by atoms with Crippen LogP contribution in [-0.2, 0) is 17.7 Å². The van der Waals surface area contributed by atoms with Crippen LogP contribution in [0.25, 0.3) is 0 Å². The Bertz CT molecular complexity index is 804. The Labute approximate surface area is 192 Å². The van der Waals surface area contributed by atoms with Gasteiger partial charge >= 0.3 is 0 Å². The maximum absolute atomic E-state index is 9.57. The minimum absolute atomic E-state index is 0.310. The third-order valence-corrected chi connectivity index (χ3v) is 5.67. The number of aliphatic imine (C=N–C) groups is 1. The number of nitrogens with zero attached hydrogens (tertiary/aromatic N) is 2. The molecule has 0 aliphatic carbocycles. The van der Waals surface area contributed by atoms with Gasteiger partial charge in [-0.1, -0.05) is 42.5 Å². The first-order valence-corrected chi connectivity index (χ1v) is 11.9. The summed E-state index contributed by atoms with van der Waals surface area (Å²) in [4.78, 5) is 7.18. The molecule has 2 aromatic carbocycles. The molecular weight excluding hydrogens is 400 g/mol. The fourth-order valence-corrected chi connectivity index (χ4v) is 3.96. The van der Waals surface area contributed by atoms with Gasteiger partial charge in [0.15, 0.2) is 5.96 Å². The van der Waals surface area contributed by atoms with Gasteiger partial charge in [0.05, 0.1) is 6.10 Å². The Hall–Kier alpha value is -2.57. The van der Waals surface area contributed by atoms with Crippen molar-refractivity contribution >= 4 is 5.96 Å². The number of nitrogens with one attached hydrogen (secondary N) is 2. The Morgan fingerprint density at radius 2 is 1.84 bits per heavy atom. The third kappa shape index (κ3) is 8.89. The first-order chi connectivity index (χ1) is 15.7. The lowest BCUT2D eigenvalue weighted by molar-refractivity contribution is 0.00566. The van der Waals surface area contributed by atoms with Crippen molar-refractivity contribution in [2.24, 2.45) is 4.99 Å². The van der Waals surface area contributed by atoms with Gasteiger partial charge in [0.25, 0.3) is 0 Å². The van der Waals surface area contributed by atoms with Crippen LogP contribution in [0.5, 0.6) is 5.75 Å². The quantitative estimate of drug-likeness (QED) is 0.284. The van der Waals surface area contributed by atoms with E-state index in [9.17, 15) is 5.11 Å². The molecule has 32 heavy (non-hydrogen) atoms. The summed E-state index contributed by atoms with van der Waals surface area (Å²) >= 11 is 0. The molecule has 1 aliphatic rings. The Morgan fingerprint density at radius 3 is 2.59 bits per heavy atom. The molecule has 2 aromatic rings. The van der Waals surface area contributed by atoms with Crippen molar-refractivity contribution in [3.8, 4) is 5.75 Å². The molecule has 0 aromatic heterocycles. The minimum Gasteiger partial charge on any atom is -0.508 e. The molecule has 6 heteroatoms. The molecular formula is C26H38N4O2. The number of likely N-dealkylation sites (tertiary alicyclic amines) is 1. The topological polar surface area (TPSA) is 69.1 Å². The molecule has 0 bridgehead atoms. The first-order valence-electron chi connectivity index (χ1n) is 11.9. The Balaban J connectivity index is 1.28. The fraction of sp³-hybridized carbons (Fsp3) is 0.500. The van der Waals surface area contributed by atoms with Crippen molar-refractivity contribution in [3.05, 3.63) is 65.7 Å². The first kappa shape index (κ1) is 24.1. The van der Waals surface area contributed by atoms with Crippen molar-refractivity contribution in [1.29, 1.82) is 0 Å². The molecule has 0 saturated carbocycles. The van der Waals surface area contributed by atoms with E-state index in [1.807, 2.05) is 12.1 Å². The maximum Gasteiger partial charge on any atom is 0.191 e. The van der Waals surface area contributed by atoms with Gasteiger partial charge < -0.3 is 20.5 Å². The van der Waals surface area contributed by atoms with Gasteiger partial charge in [-0.3, -0.25) is 9.89 Å². The van der Waals surface area contributed by atoms with Crippen LogP contribution in [0.3, 0.4) is 0 Å². The predicted octanol–water partition coefficient (Wildman–Crippen LogP) is 3.56. The zero-order valence-corrected chi connectivity index (χ0v) is 19.3. The van der Waals surface area contributed by atoms with Crippen molar-refractivity contribution in [3.63, 3.8) is 0 Å². The lowest BCUT2D eigenvalue weighted by Crippen LogP contribution is -2.38. The van der Waals surface area contributed by atoms with Gasteiger partial charge in [0, 0.05) is 45.9 Å². The summed E-state index contributed by atoms with van der Waals surface area (Å²) in [6.45, 7) is 8.41. The van der Waals surface area contributed by atoms with Crippen molar-refractivity contribution in [2.75, 3.05) is 39.3 Å². The zero-order valence-electron chi connectivity index (χ0n) is 19.3. The van der Waals surface area contributed by atoms with Crippen molar-refractivity contribution in [1.82, 2.24) is 15.5 Å². The van der Waals surface area contributed by atoms with E-state index in [0.29, 0.717) is 11.9 Å². The Morgan fingerprint density at radius 1 is 1.06 bits per heavy atom. The molecule has 174 valence electrons. The van der Waals surface area contributed by atoms with E-state index in [-0.39, 0.29) is 0 Å². The number of hydrogen-bond acceptors (Lipinski definition) is 4. The van der Waals surface area contributed by atoms with Gasteiger partial charge in [-0.2, -0.15) is 0 Å². The average Bonchev–Trinajstić information content (AvgIpc) is 2.81. The summed E-state index contributed by atoms with van der Waals surface area (Å²) in [5, 5.41) is 16.2. The number of hydrogen-bond donors (Lipinski definition) is 3. The number of guanidine groups is 1. The lowest BCUT2D eigenvalue weighted by atomic mass is 10.1. The molecule has 0 radical (unpaired) electrons. The van der Waals surface area contributed by atoms with Gasteiger partial charge in [0.2, 0.25) is 0 Å². The molecule has 0 atom stereocenters. The van der Waals surface area contributed by atoms with Crippen LogP contribution < -0.4 is 10.6 Å². The summed E-state index contributed by atoms with van der Waals surface area (Å²) in [5.74, 6) is 1.15. The second-order valence-electron chi connectivity index (χ2n) is 8.29. The molecule has 6 nitrogen and oxygen atoms in total. The van der Waals surface area contributed by atoms with Crippen LogP contribution in [0.1, 0.15) is 37.3 Å². The van der Waals surface area contributed by atoms with E-state index >= 15 is 0 Å². The zero-order chi connectivity index (χ0) is 22.4. The average molecular weight is 439 g/mol. The predicted molar refractivity (Wildman–Crippen MR) is 131 cm³/mol. The second-order valence-corrected chi connectivity index (χ2v) is 8.29. The molecule has 1 aliphatic heterocycles. The SMILES string of the molecule is CCNC(=NCCCOC1CCN(Cc2ccccc2)CC1)NCCc1cccc(O)c1. The van der Waals surface area contributed by atoms with E-state index in [0.717, 1.165) is 83.1 Å². The largest absolute Gasteiger partial charge is 0.508 e. The van der Waals surface area contributed by atoms with Crippen LogP contribution >= 0.6 is 0 Å². The molecule has 0 amide bonds. The van der Waals surface area contributed by atoms with Gasteiger partial charge in [0.1, 0.15) is 5.75 Å². The molecule has 3 N–H and O–H groups in total. The molecule has 1 fully saturated rings. The van der Waals surface area contributed by atoms with Crippen molar-refractivity contribution < 1.29 is 9.84 Å². The summed E-state index contributed by atoms with van der Waals surface area (Å²) in [7, 11) is 0. The molecule has 1 saturated heterocycles. The van der Waals surface area contributed by atoms with Crippen molar-refractivity contribution in [2.45, 2.75) is 45.3 Å². The monoisotopic (exact) mass is 438 g/mol. The van der Waals surface area contributed by atoms with Gasteiger partial charge in [-0.15, -0.1) is 0 Å². The smallest absolute Gasteiger partial charge is 0.191 e. The standard InChI is InChI=1S/C26H38N4O2/c1-2-27-26(29-16-12-22-10-6-11-24(31)20-22)28-15-7-19-32-25-13-17-30(18-14-25)21-23-8-4-3-5-9-23/h3-6,8-11,20,25,31H,2,7,12-19,21H2,1H3,(H2,27,28,29). The van der Waals surface area contributed by atoms with Crippen LogP contribution in [0, 0.1) is 0 Å². The number of rotatable bonds is 11. The number of phenols is 1. The van der Waals surface area contributed by atoms with Crippen LogP contribution in [0.4, 0.5) is 0 Å². The van der Waals surface area contributed by atoms with E-state index in [1.54, 1.807) is 12.1 Å². The highest BCUT2D eigenvalue weighted by Crippen LogP contribution is 2.16. The third-order valence-electron chi connectivity index (χ3n) is 5.67.